The smallest absolute Gasteiger partial charge is 0.169 e. The van der Waals surface area contributed by atoms with Gasteiger partial charge in [0.2, 0.25) is 0 Å². The number of nitrogen functional groups attached to an aromatic ring is 1. The molecule has 2 aromatic rings. The first-order chi connectivity index (χ1) is 12.3. The molecule has 0 amide bonds. The Bertz CT molecular complexity index is 689. The number of morpholine rings is 1. The summed E-state index contributed by atoms with van der Waals surface area (Å²) in [6, 6.07) is 7.62. The number of hydrogen-bond donors (Lipinski definition) is 3. The molecule has 0 radical (unpaired) electrons. The first-order valence-electron chi connectivity index (χ1n) is 8.63. The second kappa shape index (κ2) is 8.75. The van der Waals surface area contributed by atoms with Crippen LogP contribution in [0.25, 0.3) is 11.3 Å². The average Bonchev–Trinajstić information content (AvgIpc) is 2.67. The van der Waals surface area contributed by atoms with Gasteiger partial charge in [0.15, 0.2) is 11.6 Å². The lowest BCUT2D eigenvalue weighted by Gasteiger charge is -2.26. The van der Waals surface area contributed by atoms with Gasteiger partial charge in [-0.25, -0.2) is 9.97 Å². The van der Waals surface area contributed by atoms with Gasteiger partial charge in [-0.2, -0.15) is 0 Å². The van der Waals surface area contributed by atoms with Crippen molar-refractivity contribution in [3.63, 3.8) is 0 Å². The van der Waals surface area contributed by atoms with Crippen molar-refractivity contribution in [3.05, 3.63) is 36.0 Å². The van der Waals surface area contributed by atoms with Crippen LogP contribution in [0.15, 0.2) is 30.5 Å². The molecule has 25 heavy (non-hydrogen) atoms. The van der Waals surface area contributed by atoms with Crippen LogP contribution in [0.1, 0.15) is 12.0 Å². The number of ether oxygens (including phenoxy) is 1. The highest BCUT2D eigenvalue weighted by molar-refractivity contribution is 5.65. The summed E-state index contributed by atoms with van der Waals surface area (Å²) >= 11 is 0. The molecule has 4 N–H and O–H groups in total. The fraction of sp³-hybridized carbons (Fsp3) is 0.444. The van der Waals surface area contributed by atoms with Crippen molar-refractivity contribution in [2.75, 3.05) is 50.4 Å². The molecule has 0 atom stereocenters. The summed E-state index contributed by atoms with van der Waals surface area (Å²) in [7, 11) is 0. The van der Waals surface area contributed by atoms with Gasteiger partial charge in [0.05, 0.1) is 31.7 Å². The number of anilines is 2. The highest BCUT2D eigenvalue weighted by Crippen LogP contribution is 2.22. The van der Waals surface area contributed by atoms with Crippen LogP contribution in [0.4, 0.5) is 11.6 Å². The first kappa shape index (κ1) is 17.6. The van der Waals surface area contributed by atoms with Gasteiger partial charge in [0.25, 0.3) is 0 Å². The maximum Gasteiger partial charge on any atom is 0.169 e. The van der Waals surface area contributed by atoms with Crippen molar-refractivity contribution < 1.29 is 9.84 Å². The van der Waals surface area contributed by atoms with Crippen LogP contribution in [-0.4, -0.2) is 59.4 Å². The Balaban J connectivity index is 1.59. The standard InChI is InChI=1S/C18H25N5O2/c19-17-18(20-5-2-6-23-7-9-25-10-8-23)22-16(12-21-17)15-4-1-3-14(11-15)13-24/h1,3-4,11-12,24H,2,5-10,13H2,(H2,19,21)(H,20,22). The predicted octanol–water partition coefficient (Wildman–Crippen LogP) is 1.35. The van der Waals surface area contributed by atoms with Gasteiger partial charge in [-0.3, -0.25) is 4.90 Å². The molecule has 1 saturated heterocycles. The topological polar surface area (TPSA) is 96.5 Å². The molecule has 0 unspecified atom stereocenters. The van der Waals surface area contributed by atoms with Crippen molar-refractivity contribution in [2.45, 2.75) is 13.0 Å². The van der Waals surface area contributed by atoms with Crippen LogP contribution in [0.2, 0.25) is 0 Å². The number of nitrogens with two attached hydrogens (primary N) is 1. The molecule has 0 saturated carbocycles. The van der Waals surface area contributed by atoms with E-state index in [9.17, 15) is 5.11 Å². The van der Waals surface area contributed by atoms with Gasteiger partial charge < -0.3 is 20.9 Å². The summed E-state index contributed by atoms with van der Waals surface area (Å²) in [5, 5.41) is 12.6. The Morgan fingerprint density at radius 1 is 1.28 bits per heavy atom. The largest absolute Gasteiger partial charge is 0.392 e. The minimum atomic E-state index is 0.00287. The molecule has 7 heteroatoms. The molecule has 0 aliphatic carbocycles. The Morgan fingerprint density at radius 2 is 2.12 bits per heavy atom. The van der Waals surface area contributed by atoms with E-state index in [-0.39, 0.29) is 6.61 Å². The van der Waals surface area contributed by atoms with Crippen molar-refractivity contribution in [3.8, 4) is 11.3 Å². The van der Waals surface area contributed by atoms with E-state index in [2.05, 4.69) is 20.2 Å². The molecular weight excluding hydrogens is 318 g/mol. The zero-order valence-electron chi connectivity index (χ0n) is 14.3. The van der Waals surface area contributed by atoms with Crippen LogP contribution >= 0.6 is 0 Å². The SMILES string of the molecule is Nc1ncc(-c2cccc(CO)c2)nc1NCCCN1CCOCC1. The Morgan fingerprint density at radius 3 is 2.92 bits per heavy atom. The first-order valence-corrected chi connectivity index (χ1v) is 8.63. The van der Waals surface area contributed by atoms with Crippen molar-refractivity contribution in [2.24, 2.45) is 0 Å². The molecule has 2 heterocycles. The summed E-state index contributed by atoms with van der Waals surface area (Å²) in [6.07, 6.45) is 2.66. The number of aliphatic hydroxyl groups is 1. The van der Waals surface area contributed by atoms with E-state index < -0.39 is 0 Å². The zero-order chi connectivity index (χ0) is 17.5. The number of nitrogens with zero attached hydrogens (tertiary/aromatic N) is 3. The fourth-order valence-electron chi connectivity index (χ4n) is 2.83. The number of rotatable bonds is 7. The second-order valence-corrected chi connectivity index (χ2v) is 6.08. The maximum atomic E-state index is 9.28. The highest BCUT2D eigenvalue weighted by Gasteiger charge is 2.10. The van der Waals surface area contributed by atoms with Gasteiger partial charge in [-0.1, -0.05) is 18.2 Å². The molecule has 1 aromatic carbocycles. The fourth-order valence-corrected chi connectivity index (χ4v) is 2.83. The summed E-state index contributed by atoms with van der Waals surface area (Å²) in [6.45, 7) is 5.46. The molecule has 0 bridgehead atoms. The summed E-state index contributed by atoms with van der Waals surface area (Å²) < 4.78 is 5.36. The molecule has 0 spiro atoms. The third-order valence-corrected chi connectivity index (χ3v) is 4.25. The van der Waals surface area contributed by atoms with Gasteiger partial charge in [-0.05, 0) is 24.6 Å². The van der Waals surface area contributed by atoms with Crippen molar-refractivity contribution >= 4 is 11.6 Å². The lowest BCUT2D eigenvalue weighted by Crippen LogP contribution is -2.37. The summed E-state index contributed by atoms with van der Waals surface area (Å²) in [5.41, 5.74) is 8.44. The predicted molar refractivity (Wildman–Crippen MR) is 98.2 cm³/mol. The van der Waals surface area contributed by atoms with Crippen LogP contribution < -0.4 is 11.1 Å². The van der Waals surface area contributed by atoms with E-state index >= 15 is 0 Å². The molecule has 1 aromatic heterocycles. The maximum absolute atomic E-state index is 9.28. The third-order valence-electron chi connectivity index (χ3n) is 4.25. The molecular formula is C18H25N5O2. The normalized spacial score (nSPS) is 15.2. The Hall–Kier alpha value is -2.22. The molecule has 1 aliphatic rings. The number of benzene rings is 1. The van der Waals surface area contributed by atoms with Gasteiger partial charge in [0.1, 0.15) is 0 Å². The average molecular weight is 343 g/mol. The van der Waals surface area contributed by atoms with Crippen LogP contribution in [0, 0.1) is 0 Å². The van der Waals surface area contributed by atoms with Crippen LogP contribution in [0.3, 0.4) is 0 Å². The molecule has 1 aliphatic heterocycles. The van der Waals surface area contributed by atoms with E-state index in [1.54, 1.807) is 6.20 Å². The number of nitrogens with one attached hydrogen (secondary N) is 1. The van der Waals surface area contributed by atoms with Gasteiger partial charge in [-0.15, -0.1) is 0 Å². The molecule has 1 fully saturated rings. The minimum absolute atomic E-state index is 0.00287. The van der Waals surface area contributed by atoms with Crippen molar-refractivity contribution in [1.29, 1.82) is 0 Å². The van der Waals surface area contributed by atoms with Gasteiger partial charge >= 0.3 is 0 Å². The molecule has 134 valence electrons. The van der Waals surface area contributed by atoms with Crippen LogP contribution in [0.5, 0.6) is 0 Å². The quantitative estimate of drug-likeness (QED) is 0.653. The van der Waals surface area contributed by atoms with Crippen molar-refractivity contribution in [1.82, 2.24) is 14.9 Å². The van der Waals surface area contributed by atoms with Crippen LogP contribution in [-0.2, 0) is 11.3 Å². The Labute approximate surface area is 147 Å². The van der Waals surface area contributed by atoms with E-state index in [1.165, 1.54) is 0 Å². The Kier molecular flexibility index (Phi) is 6.16. The molecule has 7 nitrogen and oxygen atoms in total. The van der Waals surface area contributed by atoms with E-state index in [0.29, 0.717) is 11.6 Å². The zero-order valence-corrected chi connectivity index (χ0v) is 14.3. The second-order valence-electron chi connectivity index (χ2n) is 6.08. The monoisotopic (exact) mass is 343 g/mol. The van der Waals surface area contributed by atoms with E-state index in [4.69, 9.17) is 10.5 Å². The highest BCUT2D eigenvalue weighted by atomic mass is 16.5. The van der Waals surface area contributed by atoms with Gasteiger partial charge in [0, 0.05) is 25.2 Å². The lowest BCUT2D eigenvalue weighted by molar-refractivity contribution is 0.0378. The minimum Gasteiger partial charge on any atom is -0.392 e. The summed E-state index contributed by atoms with van der Waals surface area (Å²) in [5.74, 6) is 1.00. The lowest BCUT2D eigenvalue weighted by atomic mass is 10.1. The third kappa shape index (κ3) is 4.88. The number of aliphatic hydroxyl groups excluding tert-OH is 1. The summed E-state index contributed by atoms with van der Waals surface area (Å²) in [4.78, 5) is 11.2. The van der Waals surface area contributed by atoms with E-state index in [0.717, 1.165) is 62.6 Å². The number of hydrogen-bond acceptors (Lipinski definition) is 7. The number of aromatic nitrogens is 2. The van der Waals surface area contributed by atoms with E-state index in [1.807, 2.05) is 24.3 Å². The molecule has 3 rings (SSSR count).